The number of carbonyl (C=O) groups is 2. The van der Waals surface area contributed by atoms with Crippen LogP contribution >= 0.6 is 0 Å². The molecule has 0 aliphatic carbocycles. The van der Waals surface area contributed by atoms with Crippen LogP contribution in [0.4, 0.5) is 10.5 Å². The van der Waals surface area contributed by atoms with Crippen molar-refractivity contribution in [1.82, 2.24) is 10.3 Å². The number of hydrazine groups is 1. The number of amides is 3. The third-order valence-corrected chi connectivity index (χ3v) is 2.85. The summed E-state index contributed by atoms with van der Waals surface area (Å²) in [5, 5.41) is 1.76. The van der Waals surface area contributed by atoms with Gasteiger partial charge in [0.1, 0.15) is 0 Å². The summed E-state index contributed by atoms with van der Waals surface area (Å²) in [5.74, 6) is -0.306. The number of nitrogens with one attached hydrogen (secondary N) is 1. The predicted molar refractivity (Wildman–Crippen MR) is 68.9 cm³/mol. The van der Waals surface area contributed by atoms with Crippen LogP contribution in [0.5, 0.6) is 0 Å². The van der Waals surface area contributed by atoms with Crippen molar-refractivity contribution in [2.75, 3.05) is 18.1 Å². The van der Waals surface area contributed by atoms with Gasteiger partial charge in [0.2, 0.25) is 5.91 Å². The van der Waals surface area contributed by atoms with Gasteiger partial charge in [0.25, 0.3) is 0 Å². The number of hydrogen-bond acceptors (Lipinski definition) is 3. The van der Waals surface area contributed by atoms with Crippen LogP contribution < -0.4 is 10.4 Å². The number of hydrogen-bond donors (Lipinski definition) is 1. The van der Waals surface area contributed by atoms with Gasteiger partial charge in [0.05, 0.1) is 18.8 Å². The first-order chi connectivity index (χ1) is 8.59. The molecule has 96 valence electrons. The molecule has 1 aliphatic rings. The van der Waals surface area contributed by atoms with Crippen molar-refractivity contribution in [1.29, 1.82) is 0 Å². The summed E-state index contributed by atoms with van der Waals surface area (Å²) in [6.45, 7) is 4.59. The number of carbonyl (C=O) groups excluding carboxylic acids is 2. The van der Waals surface area contributed by atoms with Crippen molar-refractivity contribution in [2.24, 2.45) is 5.92 Å². The van der Waals surface area contributed by atoms with Gasteiger partial charge in [-0.05, 0) is 12.1 Å². The van der Waals surface area contributed by atoms with E-state index in [1.165, 1.54) is 4.90 Å². The molecule has 3 amide bonds. The molecule has 1 aliphatic heterocycles. The Labute approximate surface area is 106 Å². The van der Waals surface area contributed by atoms with Crippen molar-refractivity contribution in [3.63, 3.8) is 0 Å². The lowest BCUT2D eigenvalue weighted by molar-refractivity contribution is -0.131. The normalized spacial score (nSPS) is 15.8. The minimum atomic E-state index is -0.358. The molecule has 1 N–H and O–H groups in total. The summed E-state index contributed by atoms with van der Waals surface area (Å²) in [5.41, 5.74) is 3.64. The second-order valence-electron chi connectivity index (χ2n) is 4.55. The first-order valence-electron chi connectivity index (χ1n) is 6.04. The predicted octanol–water partition coefficient (Wildman–Crippen LogP) is 1.62. The molecule has 0 radical (unpaired) electrons. The highest BCUT2D eigenvalue weighted by Gasteiger charge is 2.29. The van der Waals surface area contributed by atoms with Crippen LogP contribution in [0.3, 0.4) is 0 Å². The number of rotatable bonds is 2. The Kier molecular flexibility index (Phi) is 3.50. The Morgan fingerprint density at radius 1 is 1.22 bits per heavy atom. The van der Waals surface area contributed by atoms with E-state index >= 15 is 0 Å². The fourth-order valence-electron chi connectivity index (χ4n) is 1.86. The van der Waals surface area contributed by atoms with Crippen LogP contribution in [0.2, 0.25) is 0 Å². The quantitative estimate of drug-likeness (QED) is 0.864. The SMILES string of the molecule is CC(C)C(=O)N1CCN(c2ccccc2)NC1=O. The van der Waals surface area contributed by atoms with Gasteiger partial charge >= 0.3 is 6.03 Å². The second-order valence-corrected chi connectivity index (χ2v) is 4.55. The van der Waals surface area contributed by atoms with E-state index in [9.17, 15) is 9.59 Å². The number of nitrogens with zero attached hydrogens (tertiary/aromatic N) is 2. The summed E-state index contributed by atoms with van der Waals surface area (Å²) in [6, 6.07) is 9.22. The Hall–Kier alpha value is -2.04. The van der Waals surface area contributed by atoms with Gasteiger partial charge in [-0.3, -0.25) is 14.7 Å². The Balaban J connectivity index is 2.05. The van der Waals surface area contributed by atoms with Crippen molar-refractivity contribution in [3.8, 4) is 0 Å². The Morgan fingerprint density at radius 3 is 2.44 bits per heavy atom. The van der Waals surface area contributed by atoms with Gasteiger partial charge in [-0.2, -0.15) is 0 Å². The van der Waals surface area contributed by atoms with Gasteiger partial charge in [0.15, 0.2) is 0 Å². The molecule has 0 aromatic heterocycles. The molecule has 1 aromatic rings. The molecule has 0 spiro atoms. The van der Waals surface area contributed by atoms with Crippen molar-refractivity contribution >= 4 is 17.6 Å². The van der Waals surface area contributed by atoms with Crippen LogP contribution in [0.1, 0.15) is 13.8 Å². The Bertz CT molecular complexity index is 445. The maximum Gasteiger partial charge on any atom is 0.342 e. The van der Waals surface area contributed by atoms with Crippen LogP contribution in [0.25, 0.3) is 0 Å². The average molecular weight is 247 g/mol. The minimum absolute atomic E-state index is 0.139. The van der Waals surface area contributed by atoms with Crippen LogP contribution in [0.15, 0.2) is 30.3 Å². The lowest BCUT2D eigenvalue weighted by Gasteiger charge is -2.35. The number of urea groups is 1. The molecule has 1 aromatic carbocycles. The first kappa shape index (κ1) is 12.4. The summed E-state index contributed by atoms with van der Waals surface area (Å²) < 4.78 is 0. The van der Waals surface area contributed by atoms with Gasteiger partial charge in [-0.25, -0.2) is 10.2 Å². The maximum absolute atomic E-state index is 11.9. The molecular formula is C13H17N3O2. The molecule has 1 heterocycles. The summed E-state index contributed by atoms with van der Waals surface area (Å²) in [4.78, 5) is 24.9. The molecule has 0 unspecified atom stereocenters. The van der Waals surface area contributed by atoms with E-state index in [-0.39, 0.29) is 17.9 Å². The van der Waals surface area contributed by atoms with E-state index in [4.69, 9.17) is 0 Å². The third-order valence-electron chi connectivity index (χ3n) is 2.85. The standard InChI is InChI=1S/C13H17N3O2/c1-10(2)12(17)15-8-9-16(14-13(15)18)11-6-4-3-5-7-11/h3-7,10H,8-9H2,1-2H3,(H,14,18). The molecule has 0 bridgehead atoms. The zero-order chi connectivity index (χ0) is 13.1. The molecular weight excluding hydrogens is 230 g/mol. The van der Waals surface area contributed by atoms with Gasteiger partial charge in [-0.1, -0.05) is 32.0 Å². The number of anilines is 1. The highest BCUT2D eigenvalue weighted by atomic mass is 16.2. The number of para-hydroxylation sites is 1. The minimum Gasteiger partial charge on any atom is -0.282 e. The molecule has 0 saturated carbocycles. The maximum atomic E-state index is 11.9. The van der Waals surface area contributed by atoms with Crippen molar-refractivity contribution in [2.45, 2.75) is 13.8 Å². The molecule has 2 rings (SSSR count). The first-order valence-corrected chi connectivity index (χ1v) is 6.04. The largest absolute Gasteiger partial charge is 0.342 e. The molecule has 0 atom stereocenters. The van der Waals surface area contributed by atoms with Crippen molar-refractivity contribution < 1.29 is 9.59 Å². The molecule has 1 saturated heterocycles. The van der Waals surface area contributed by atoms with E-state index in [1.54, 1.807) is 18.9 Å². The van der Waals surface area contributed by atoms with Crippen LogP contribution in [0, 0.1) is 5.92 Å². The molecule has 5 nitrogen and oxygen atoms in total. The van der Waals surface area contributed by atoms with Crippen LogP contribution in [-0.4, -0.2) is 29.9 Å². The number of benzene rings is 1. The van der Waals surface area contributed by atoms with Crippen molar-refractivity contribution in [3.05, 3.63) is 30.3 Å². The van der Waals surface area contributed by atoms with Gasteiger partial charge in [0, 0.05) is 5.92 Å². The summed E-state index contributed by atoms with van der Waals surface area (Å²) in [6.07, 6.45) is 0. The molecule has 1 fully saturated rings. The zero-order valence-corrected chi connectivity index (χ0v) is 10.6. The summed E-state index contributed by atoms with van der Waals surface area (Å²) in [7, 11) is 0. The lowest BCUT2D eigenvalue weighted by Crippen LogP contribution is -2.60. The highest BCUT2D eigenvalue weighted by molar-refractivity contribution is 5.96. The fraction of sp³-hybridized carbons (Fsp3) is 0.385. The van der Waals surface area contributed by atoms with E-state index in [2.05, 4.69) is 5.43 Å². The third kappa shape index (κ3) is 2.45. The summed E-state index contributed by atoms with van der Waals surface area (Å²) >= 11 is 0. The lowest BCUT2D eigenvalue weighted by atomic mass is 10.2. The van der Waals surface area contributed by atoms with E-state index in [0.29, 0.717) is 13.1 Å². The Morgan fingerprint density at radius 2 is 1.89 bits per heavy atom. The number of imide groups is 1. The van der Waals surface area contributed by atoms with Gasteiger partial charge < -0.3 is 0 Å². The van der Waals surface area contributed by atoms with Gasteiger partial charge in [-0.15, -0.1) is 0 Å². The topological polar surface area (TPSA) is 52.7 Å². The molecule has 5 heteroatoms. The van der Waals surface area contributed by atoms with E-state index in [0.717, 1.165) is 5.69 Å². The second kappa shape index (κ2) is 5.08. The monoisotopic (exact) mass is 247 g/mol. The van der Waals surface area contributed by atoms with E-state index < -0.39 is 0 Å². The van der Waals surface area contributed by atoms with E-state index in [1.807, 2.05) is 30.3 Å². The smallest absolute Gasteiger partial charge is 0.282 e. The highest BCUT2D eigenvalue weighted by Crippen LogP contribution is 2.14. The fourth-order valence-corrected chi connectivity index (χ4v) is 1.86. The van der Waals surface area contributed by atoms with Crippen LogP contribution in [-0.2, 0) is 4.79 Å². The zero-order valence-electron chi connectivity index (χ0n) is 10.6. The average Bonchev–Trinajstić information content (AvgIpc) is 2.38. The molecule has 18 heavy (non-hydrogen) atoms.